The number of aryl methyl sites for hydroxylation is 1. The first-order chi connectivity index (χ1) is 21.0. The third kappa shape index (κ3) is 6.70. The normalized spacial score (nSPS) is 13.7. The molecule has 0 bridgehead atoms. The third-order valence-corrected chi connectivity index (χ3v) is 8.62. The maximum atomic E-state index is 7.64. The van der Waals surface area contributed by atoms with Crippen LogP contribution in [0.25, 0.3) is 44.6 Å². The van der Waals surface area contributed by atoms with Gasteiger partial charge in [0.25, 0.3) is 0 Å². The van der Waals surface area contributed by atoms with Gasteiger partial charge >= 0.3 is 0 Å². The Morgan fingerprint density at radius 3 is 2.27 bits per heavy atom. The van der Waals surface area contributed by atoms with Crippen molar-refractivity contribution in [3.05, 3.63) is 103 Å². The Hall–Kier alpha value is -3.51. The molecular formula is C34H34IrN4OSi-2. The van der Waals surface area contributed by atoms with E-state index in [9.17, 15) is 0 Å². The minimum atomic E-state index is -2.11. The molecule has 0 amide bonds. The molecule has 5 nitrogen and oxygen atoms in total. The number of nitrogens with zero attached hydrogens (tertiary/aromatic N) is 4. The second-order valence-electron chi connectivity index (χ2n) is 11.7. The van der Waals surface area contributed by atoms with Gasteiger partial charge in [0, 0.05) is 35.8 Å². The van der Waals surface area contributed by atoms with Crippen LogP contribution in [0, 0.1) is 19.0 Å². The molecule has 0 fully saturated rings. The molecule has 6 rings (SSSR count). The summed E-state index contributed by atoms with van der Waals surface area (Å²) in [5, 5.41) is 3.27. The summed E-state index contributed by atoms with van der Waals surface area (Å²) in [6.07, 6.45) is 0.943. The SMILES string of the molecule is [2H]C([2H])([2H])c1ccc(-c2[c-]ccc(C(C)(C)C)c2)nc1.[2H]c1nc([2H])nc(-c2[c-]ccc3c2oc2c([Si](C)(C)C)cccc23)n1.[Ir]. The van der Waals surface area contributed by atoms with Crippen LogP contribution >= 0.6 is 0 Å². The van der Waals surface area contributed by atoms with Crippen LogP contribution in [0.15, 0.2) is 83.9 Å². The molecule has 0 aliphatic carbocycles. The van der Waals surface area contributed by atoms with Crippen LogP contribution in [0.2, 0.25) is 19.6 Å². The second kappa shape index (κ2) is 12.2. The molecule has 0 saturated carbocycles. The van der Waals surface area contributed by atoms with Crippen molar-refractivity contribution in [1.82, 2.24) is 19.9 Å². The number of rotatable bonds is 3. The molecule has 0 atom stereocenters. The van der Waals surface area contributed by atoms with Crippen molar-refractivity contribution in [2.45, 2.75) is 52.7 Å². The Kier molecular flexibility index (Phi) is 7.15. The fourth-order valence-corrected chi connectivity index (χ4v) is 5.92. The Morgan fingerprint density at radius 1 is 0.878 bits per heavy atom. The van der Waals surface area contributed by atoms with Crippen molar-refractivity contribution in [3.8, 4) is 22.6 Å². The van der Waals surface area contributed by atoms with Crippen LogP contribution in [0.1, 0.15) is 38.8 Å². The topological polar surface area (TPSA) is 64.7 Å². The Morgan fingerprint density at radius 2 is 1.61 bits per heavy atom. The van der Waals surface area contributed by atoms with Gasteiger partial charge in [-0.25, -0.2) is 4.98 Å². The average Bonchev–Trinajstić information content (AvgIpc) is 3.35. The summed E-state index contributed by atoms with van der Waals surface area (Å²) < 4.78 is 43.6. The molecular weight excluding hydrogens is 701 g/mol. The van der Waals surface area contributed by atoms with E-state index in [2.05, 4.69) is 90.7 Å². The van der Waals surface area contributed by atoms with Gasteiger partial charge in [-0.1, -0.05) is 81.7 Å². The summed E-state index contributed by atoms with van der Waals surface area (Å²) in [7, 11) is -1.58. The van der Waals surface area contributed by atoms with Gasteiger partial charge in [0.2, 0.25) is 0 Å². The van der Waals surface area contributed by atoms with Crippen molar-refractivity contribution in [3.63, 3.8) is 0 Å². The first-order valence-electron chi connectivity index (χ1n) is 15.6. The number of para-hydroxylation sites is 1. The molecule has 3 aromatic carbocycles. The molecule has 0 aliphatic heterocycles. The molecule has 211 valence electrons. The number of furan rings is 1. The summed E-state index contributed by atoms with van der Waals surface area (Å²) >= 11 is 0. The first-order valence-corrected chi connectivity index (χ1v) is 16.6. The molecule has 6 aromatic rings. The zero-order valence-corrected chi connectivity index (χ0v) is 27.3. The van der Waals surface area contributed by atoms with Crippen LogP contribution in [0.3, 0.4) is 0 Å². The quantitative estimate of drug-likeness (QED) is 0.136. The monoisotopic (exact) mass is 740 g/mol. The van der Waals surface area contributed by atoms with Crippen LogP contribution in [0.4, 0.5) is 0 Å². The Balaban J connectivity index is 0.000000210. The van der Waals surface area contributed by atoms with E-state index in [0.29, 0.717) is 11.1 Å². The molecule has 3 aromatic heterocycles. The van der Waals surface area contributed by atoms with Crippen LogP contribution < -0.4 is 5.19 Å². The maximum Gasteiger partial charge on any atom is 0.120 e. The van der Waals surface area contributed by atoms with Crippen LogP contribution in [-0.4, -0.2) is 28.0 Å². The average molecular weight is 740 g/mol. The summed E-state index contributed by atoms with van der Waals surface area (Å²) in [4.78, 5) is 15.9. The van der Waals surface area contributed by atoms with E-state index in [1.54, 1.807) is 18.2 Å². The zero-order chi connectivity index (χ0) is 32.7. The van der Waals surface area contributed by atoms with E-state index in [0.717, 1.165) is 27.6 Å². The standard InChI is InChI=1S/C18H16N3OSi.C16H18N.Ir/c1-23(2,3)15-9-5-7-13-12-6-4-8-14(16(12)22-17(13)15)18-20-10-19-11-21-18;1-12-8-9-15(17-11-12)13-6-5-7-14(10-13)16(2,3)4;/h4-7,9-11H,1-3H3;5,7-11H,1-4H3;/q2*-1;/i10D,11D;1D3;. The maximum absolute atomic E-state index is 7.64. The molecule has 0 saturated heterocycles. The summed E-state index contributed by atoms with van der Waals surface area (Å²) in [6, 6.07) is 25.6. The zero-order valence-electron chi connectivity index (χ0n) is 28.9. The molecule has 1 radical (unpaired) electrons. The van der Waals surface area contributed by atoms with Gasteiger partial charge in [-0.05, 0) is 28.7 Å². The van der Waals surface area contributed by atoms with Gasteiger partial charge in [-0.3, -0.25) is 9.97 Å². The largest absolute Gasteiger partial charge is 0.501 e. The molecule has 0 N–H and O–H groups in total. The molecule has 0 spiro atoms. The number of benzene rings is 3. The van der Waals surface area contributed by atoms with Crippen LogP contribution in [-0.2, 0) is 25.5 Å². The van der Waals surface area contributed by atoms with Gasteiger partial charge in [-0.2, -0.15) is 0 Å². The number of aromatic nitrogens is 4. The summed E-state index contributed by atoms with van der Waals surface area (Å²) in [5.74, 6) is 0.240. The van der Waals surface area contributed by atoms with Crippen molar-refractivity contribution in [2.24, 2.45) is 0 Å². The molecule has 3 heterocycles. The number of hydrogen-bond acceptors (Lipinski definition) is 5. The molecule has 0 unspecified atom stereocenters. The fourth-order valence-electron chi connectivity index (χ4n) is 4.46. The van der Waals surface area contributed by atoms with E-state index in [1.807, 2.05) is 24.3 Å². The van der Waals surface area contributed by atoms with E-state index in [4.69, 9.17) is 11.3 Å². The van der Waals surface area contributed by atoms with E-state index >= 15 is 0 Å². The molecule has 41 heavy (non-hydrogen) atoms. The van der Waals surface area contributed by atoms with Gasteiger partial charge in [0.1, 0.15) is 20.9 Å². The van der Waals surface area contributed by atoms with Gasteiger partial charge < -0.3 is 9.40 Å². The van der Waals surface area contributed by atoms with Crippen molar-refractivity contribution in [1.29, 1.82) is 0 Å². The van der Waals surface area contributed by atoms with Crippen molar-refractivity contribution in [2.75, 3.05) is 0 Å². The summed E-state index contributed by atoms with van der Waals surface area (Å²) in [5.41, 5.74) is 5.22. The van der Waals surface area contributed by atoms with Crippen molar-refractivity contribution < 1.29 is 31.4 Å². The third-order valence-electron chi connectivity index (χ3n) is 6.61. The molecule has 7 heteroatoms. The predicted molar refractivity (Wildman–Crippen MR) is 166 cm³/mol. The van der Waals surface area contributed by atoms with Gasteiger partial charge in [-0.15, -0.1) is 53.6 Å². The minimum Gasteiger partial charge on any atom is -0.501 e. The summed E-state index contributed by atoms with van der Waals surface area (Å²) in [6.45, 7) is 11.2. The molecule has 0 aliphatic rings. The first kappa shape index (κ1) is 24.1. The number of fused-ring (bicyclic) bond motifs is 3. The van der Waals surface area contributed by atoms with Crippen LogP contribution in [0.5, 0.6) is 0 Å². The van der Waals surface area contributed by atoms with E-state index < -0.39 is 14.9 Å². The van der Waals surface area contributed by atoms with Gasteiger partial charge in [0.05, 0.1) is 19.5 Å². The minimum absolute atomic E-state index is 0. The smallest absolute Gasteiger partial charge is 0.120 e. The second-order valence-corrected chi connectivity index (χ2v) is 16.7. The van der Waals surface area contributed by atoms with Crippen molar-refractivity contribution >= 4 is 35.2 Å². The van der Waals surface area contributed by atoms with Gasteiger partial charge in [0.15, 0.2) is 0 Å². The Bertz CT molecular complexity index is 1980. The fraction of sp³-hybridized carbons (Fsp3) is 0.235. The van der Waals surface area contributed by atoms with E-state index in [1.165, 1.54) is 16.9 Å². The van der Waals surface area contributed by atoms with E-state index in [-0.39, 0.29) is 49.5 Å². The predicted octanol–water partition coefficient (Wildman–Crippen LogP) is 7.94. The number of hydrogen-bond donors (Lipinski definition) is 0. The number of pyridine rings is 1. The Labute approximate surface area is 263 Å².